The fraction of sp³-hybridized carbons (Fsp3) is 0.662. The van der Waals surface area contributed by atoms with Gasteiger partial charge in [-0.25, -0.2) is 33.6 Å². The van der Waals surface area contributed by atoms with Crippen LogP contribution >= 0.6 is 0 Å². The number of halogens is 4. The van der Waals surface area contributed by atoms with E-state index in [2.05, 4.69) is 26.3 Å². The van der Waals surface area contributed by atoms with Crippen LogP contribution in [0.5, 0.6) is 11.5 Å². The maximum atomic E-state index is 14.0. The molecular weight excluding hydrogens is 1370 g/mol. The Morgan fingerprint density at radius 2 is 1.14 bits per heavy atom. The van der Waals surface area contributed by atoms with E-state index in [0.717, 1.165) is 11.5 Å². The number of fused-ring (bicyclic) bond motifs is 5. The summed E-state index contributed by atoms with van der Waals surface area (Å²) in [5, 5.41) is 70.6. The van der Waals surface area contributed by atoms with E-state index in [1.165, 1.54) is 23.7 Å². The number of aliphatic hydroxyl groups excluding tert-OH is 4. The lowest BCUT2D eigenvalue weighted by molar-refractivity contribution is -0.341. The number of carbonyl (C=O) groups is 5. The van der Waals surface area contributed by atoms with Gasteiger partial charge in [-0.15, -0.1) is 5.10 Å². The van der Waals surface area contributed by atoms with Crippen molar-refractivity contribution in [2.24, 2.45) is 5.92 Å². The number of carbonyl (C=O) groups excluding carboxylic acids is 5. The van der Waals surface area contributed by atoms with Gasteiger partial charge in [-0.2, -0.15) is 13.2 Å². The average molecular weight is 1460 g/mol. The Hall–Kier alpha value is -6.86. The lowest BCUT2D eigenvalue weighted by atomic mass is 9.77. The molecule has 568 valence electrons. The number of ether oxygens (including phenoxy) is 11. The van der Waals surface area contributed by atoms with Crippen molar-refractivity contribution in [1.82, 2.24) is 41.2 Å². The van der Waals surface area contributed by atoms with E-state index in [0.29, 0.717) is 41.4 Å². The predicted molar refractivity (Wildman–Crippen MR) is 341 cm³/mol. The highest BCUT2D eigenvalue weighted by Gasteiger charge is 2.62. The number of phenols is 1. The smallest absolute Gasteiger partial charge is 0.471 e. The molecule has 2 aromatic heterocycles. The molecule has 4 aliphatic rings. The Bertz CT molecular complexity index is 3280. The van der Waals surface area contributed by atoms with Gasteiger partial charge < -0.3 is 98.9 Å². The van der Waals surface area contributed by atoms with E-state index in [4.69, 9.17) is 76.6 Å². The summed E-state index contributed by atoms with van der Waals surface area (Å²) in [6, 6.07) is 10.5. The fourth-order valence-electron chi connectivity index (χ4n) is 11.3. The number of aromatic nitrogens is 4. The molecule has 33 nitrogen and oxygen atoms in total. The van der Waals surface area contributed by atoms with Crippen LogP contribution in [0.1, 0.15) is 51.9 Å². The summed E-state index contributed by atoms with van der Waals surface area (Å²) in [6.07, 6.45) is -10.7. The standard InChI is InChI=1S/C65H90F4N8O25/c1-41(78)72-56-52-34-63(101-99-52,60(85)58(56)83)39-96-29-27-92-25-23-90-21-19-88-17-12-70-54(81)10-15-94-37-42(31-45(79)3-2-14-98-46-6-8-48-43(32-46)4-7-49(73-48)50-36-77(76-75-50)44-5-9-51(80)47(66)33-44)38-95-16-11-55(82)71-13-18-89-20-22-91-24-26-93-28-30-97-40-64-35-53(100-102-64)57(59(84)61(64)86)74-62(87)65(67,68)69/h4-9,32-33,36,42,52-53,56-61,80,83-86H,2-3,10-31,34-35,37-40H2,1H3,(H,70,81)(H,71,82)(H,72,78)(H,74,87)/t42?,52-,53-,56-,57-,58+,59+,60+,61+,63-,64-/m0/s1. The highest BCUT2D eigenvalue weighted by Crippen LogP contribution is 2.42. The maximum Gasteiger partial charge on any atom is 0.471 e. The lowest BCUT2D eigenvalue weighted by Gasteiger charge is -2.40. The molecule has 2 aromatic carbocycles. The van der Waals surface area contributed by atoms with E-state index in [1.54, 1.807) is 29.7 Å². The second-order valence-electron chi connectivity index (χ2n) is 24.5. The molecule has 2 saturated carbocycles. The maximum absolute atomic E-state index is 14.0. The summed E-state index contributed by atoms with van der Waals surface area (Å²) < 4.78 is 116. The van der Waals surface area contributed by atoms with Gasteiger partial charge in [0, 0.05) is 75.9 Å². The summed E-state index contributed by atoms with van der Waals surface area (Å²) >= 11 is 0. The van der Waals surface area contributed by atoms with Crippen molar-refractivity contribution in [3.8, 4) is 28.6 Å². The van der Waals surface area contributed by atoms with Crippen LogP contribution in [0.2, 0.25) is 0 Å². The van der Waals surface area contributed by atoms with Crippen molar-refractivity contribution in [1.29, 1.82) is 0 Å². The second-order valence-corrected chi connectivity index (χ2v) is 24.5. The number of benzene rings is 2. The number of pyridine rings is 1. The lowest BCUT2D eigenvalue weighted by Crippen LogP contribution is -2.65. The zero-order chi connectivity index (χ0) is 72.9. The largest absolute Gasteiger partial charge is 0.505 e. The molecule has 4 fully saturated rings. The van der Waals surface area contributed by atoms with E-state index >= 15 is 0 Å². The highest BCUT2D eigenvalue weighted by atomic mass is 19.4. The van der Waals surface area contributed by atoms with Gasteiger partial charge >= 0.3 is 12.1 Å². The van der Waals surface area contributed by atoms with Crippen LogP contribution in [0.25, 0.3) is 28.0 Å². The Labute approximate surface area is 583 Å². The third kappa shape index (κ3) is 24.9. The first kappa shape index (κ1) is 80.8. The zero-order valence-corrected chi connectivity index (χ0v) is 56.3. The van der Waals surface area contributed by atoms with Crippen LogP contribution in [0, 0.1) is 11.7 Å². The normalized spacial score (nSPS) is 23.3. The number of aromatic hydroxyl groups is 1. The second kappa shape index (κ2) is 41.0. The predicted octanol–water partition coefficient (Wildman–Crippen LogP) is 0.181. The molecule has 4 bridgehead atoms. The Morgan fingerprint density at radius 3 is 1.66 bits per heavy atom. The number of phenolic OH excluding ortho intramolecular Hbond substituents is 1. The first-order valence-electron chi connectivity index (χ1n) is 33.5. The van der Waals surface area contributed by atoms with Gasteiger partial charge in [0.15, 0.2) is 22.8 Å². The highest BCUT2D eigenvalue weighted by molar-refractivity contribution is 5.83. The fourth-order valence-corrected chi connectivity index (χ4v) is 11.3. The topological polar surface area (TPSA) is 417 Å². The average Bonchev–Trinajstić information content (AvgIpc) is 1.59. The molecule has 8 rings (SSSR count). The van der Waals surface area contributed by atoms with Crippen molar-refractivity contribution >= 4 is 40.3 Å². The molecule has 2 saturated heterocycles. The number of nitrogens with zero attached hydrogens (tertiary/aromatic N) is 4. The minimum Gasteiger partial charge on any atom is -0.505 e. The molecule has 0 spiro atoms. The first-order valence-corrected chi connectivity index (χ1v) is 33.5. The molecule has 4 amide bonds. The van der Waals surface area contributed by atoms with Crippen molar-refractivity contribution in [3.63, 3.8) is 0 Å². The molecule has 0 radical (unpaired) electrons. The number of hydrogen-bond acceptors (Lipinski definition) is 28. The van der Waals surface area contributed by atoms with Gasteiger partial charge in [0.2, 0.25) is 17.7 Å². The number of Topliss-reactive ketones (excluding diaryl/α,β-unsaturated/α-hetero) is 1. The van der Waals surface area contributed by atoms with Crippen LogP contribution in [0.4, 0.5) is 17.6 Å². The summed E-state index contributed by atoms with van der Waals surface area (Å²) in [4.78, 5) is 87.1. The third-order valence-electron chi connectivity index (χ3n) is 16.7. The van der Waals surface area contributed by atoms with Crippen molar-refractivity contribution in [2.75, 3.05) is 152 Å². The van der Waals surface area contributed by atoms with Gasteiger partial charge in [-0.1, -0.05) is 11.3 Å². The monoisotopic (exact) mass is 1460 g/mol. The molecule has 4 heterocycles. The quantitative estimate of drug-likeness (QED) is 0.0162. The number of hydrogen-bond donors (Lipinski definition) is 9. The van der Waals surface area contributed by atoms with Crippen molar-refractivity contribution in [2.45, 2.75) is 118 Å². The van der Waals surface area contributed by atoms with Gasteiger partial charge in [0.05, 0.1) is 174 Å². The van der Waals surface area contributed by atoms with Crippen molar-refractivity contribution < 1.29 is 139 Å². The van der Waals surface area contributed by atoms with E-state index in [1.807, 2.05) is 12.1 Å². The third-order valence-corrected chi connectivity index (χ3v) is 16.7. The molecular formula is C65H90F4N8O25. The summed E-state index contributed by atoms with van der Waals surface area (Å²) in [7, 11) is 0. The van der Waals surface area contributed by atoms with E-state index in [9.17, 15) is 67.1 Å². The molecule has 2 aliphatic heterocycles. The van der Waals surface area contributed by atoms with Crippen LogP contribution in [-0.2, 0) is 90.9 Å². The van der Waals surface area contributed by atoms with E-state index < -0.39 is 89.5 Å². The zero-order valence-electron chi connectivity index (χ0n) is 56.3. The summed E-state index contributed by atoms with van der Waals surface area (Å²) in [5.41, 5.74) is -0.814. The Morgan fingerprint density at radius 1 is 0.618 bits per heavy atom. The number of alkyl halides is 3. The van der Waals surface area contributed by atoms with Gasteiger partial charge in [0.1, 0.15) is 53.9 Å². The Kier molecular flexibility index (Phi) is 32.5. The summed E-state index contributed by atoms with van der Waals surface area (Å²) in [6.45, 7) is 5.03. The molecule has 11 atom stereocenters. The number of nitrogens with one attached hydrogen (secondary N) is 4. The minimum atomic E-state index is -5.20. The molecule has 1 unspecified atom stereocenters. The van der Waals surface area contributed by atoms with Crippen LogP contribution in [0.15, 0.2) is 54.7 Å². The Balaban J connectivity index is 0.652. The molecule has 4 aromatic rings. The van der Waals surface area contributed by atoms with Gasteiger partial charge in [-0.3, -0.25) is 24.0 Å². The molecule has 9 N–H and O–H groups in total. The number of amides is 4. The van der Waals surface area contributed by atoms with Crippen LogP contribution in [-0.4, -0.2) is 293 Å². The molecule has 2 aliphatic carbocycles. The first-order chi connectivity index (χ1) is 49.1. The number of rotatable bonds is 49. The van der Waals surface area contributed by atoms with Crippen molar-refractivity contribution in [3.05, 3.63) is 60.5 Å². The van der Waals surface area contributed by atoms with Gasteiger partial charge in [-0.05, 0) is 42.8 Å². The summed E-state index contributed by atoms with van der Waals surface area (Å²) in [5.74, 6) is -4.36. The van der Waals surface area contributed by atoms with Crippen LogP contribution in [0.3, 0.4) is 0 Å². The van der Waals surface area contributed by atoms with Crippen LogP contribution < -0.4 is 26.0 Å². The molecule has 102 heavy (non-hydrogen) atoms. The number of aliphatic hydroxyl groups is 4. The minimum absolute atomic E-state index is 0.0312. The number of ketones is 1. The molecule has 37 heteroatoms. The van der Waals surface area contributed by atoms with Gasteiger partial charge in [0.25, 0.3) is 0 Å². The SMILES string of the molecule is CC(=O)N[C@@H]1[C@@H](O)[C@@H](O)[C@@]2(COCCOCCOCCOCCNC(=O)CCOCC(COCCC(=O)NCCOCCOCCOCCOC[C@]34C[C@H](OO3)[C@H](NC(=O)C(F)(F)F)[C@@H](O)[C@H]4O)CC(=O)CCCOc3ccc4nc(-c5cn(-c6ccc(O)c(F)c6)nn5)ccc4c3)C[C@@H]1OO2. The van der Waals surface area contributed by atoms with E-state index in [-0.39, 0.29) is 207 Å².